The molecule has 4 heterocycles. The van der Waals surface area contributed by atoms with Crippen LogP contribution in [-0.4, -0.2) is 165 Å². The molecule has 2 aromatic heterocycles. The van der Waals surface area contributed by atoms with E-state index < -0.39 is 75.7 Å². The number of rotatable bonds is 24. The maximum absolute atomic E-state index is 17.5. The van der Waals surface area contributed by atoms with Gasteiger partial charge in [-0.1, -0.05) is 38.3 Å². The van der Waals surface area contributed by atoms with Crippen molar-refractivity contribution in [1.82, 2.24) is 46.1 Å². The Labute approximate surface area is 494 Å². The Bertz CT molecular complexity index is 3190. The van der Waals surface area contributed by atoms with Gasteiger partial charge in [0.25, 0.3) is 11.8 Å². The highest BCUT2D eigenvalue weighted by Crippen LogP contribution is 2.70. The first-order chi connectivity index (χ1) is 39.9. The molecule has 452 valence electrons. The number of unbranched alkanes of at least 4 members (excludes halogenated alkanes) is 3. The molecule has 6 aliphatic rings. The number of anilines is 3. The fraction of sp³-hybridized carbons (Fsp3) is 0.569. The molecule has 4 aliphatic carbocycles. The number of hydrogen-bond acceptors (Lipinski definition) is 19. The maximum Gasteiger partial charge on any atom is 0.352 e. The van der Waals surface area contributed by atoms with Crippen molar-refractivity contribution in [1.29, 1.82) is 0 Å². The molecule has 4 fully saturated rings. The summed E-state index contributed by atoms with van der Waals surface area (Å²) in [4.78, 5) is 110. The van der Waals surface area contributed by atoms with Crippen molar-refractivity contribution in [2.75, 3.05) is 60.3 Å². The Kier molecular flexibility index (Phi) is 18.3. The van der Waals surface area contributed by atoms with Crippen molar-refractivity contribution in [3.05, 3.63) is 76.8 Å². The number of thioether (sulfide) groups is 2. The lowest BCUT2D eigenvalue weighted by molar-refractivity contribution is -0.219. The quantitative estimate of drug-likeness (QED) is 0.0572. The molecular formula is C58H75FN12O11S2. The number of carboxylic acids is 2. The number of nitrogens with zero attached hydrogens (tertiary/aromatic N) is 6. The fourth-order valence-electron chi connectivity index (χ4n) is 13.9. The van der Waals surface area contributed by atoms with Gasteiger partial charge in [0.2, 0.25) is 17.8 Å². The van der Waals surface area contributed by atoms with Crippen molar-refractivity contribution in [3.63, 3.8) is 0 Å². The number of carbonyl (C=O) groups is 7. The van der Waals surface area contributed by atoms with Gasteiger partial charge in [0.05, 0.1) is 36.0 Å². The van der Waals surface area contributed by atoms with E-state index in [-0.39, 0.29) is 89.9 Å². The first-order valence-electron chi connectivity index (χ1n) is 28.6. The van der Waals surface area contributed by atoms with Gasteiger partial charge >= 0.3 is 11.9 Å². The number of ketones is 1. The minimum absolute atomic E-state index is 0.00771. The lowest BCUT2D eigenvalue weighted by Crippen LogP contribution is -2.70. The molecule has 84 heavy (non-hydrogen) atoms. The summed E-state index contributed by atoms with van der Waals surface area (Å²) in [7, 11) is 1.82. The third-order valence-electron chi connectivity index (χ3n) is 18.4. The van der Waals surface area contributed by atoms with Crippen molar-refractivity contribution in [3.8, 4) is 0 Å². The van der Waals surface area contributed by atoms with Crippen molar-refractivity contribution < 1.29 is 58.4 Å². The van der Waals surface area contributed by atoms with Crippen LogP contribution in [0.2, 0.25) is 0 Å². The van der Waals surface area contributed by atoms with E-state index in [0.717, 1.165) is 24.1 Å². The SMILES string of the molecule is C[C@@H]1C[C@H]2C3CCC4=CC(=O)C=C[C@]4(C)[C@@]3(F)[C@@H](O)C[C@]2(C)[C@@]1(O)C(=O)NCCCCCCC(=O)N[C@@H]1CN2C(C(=O)O)=C(CSCCNC(=O)CC[C@H](NC(=O)c3ccc(N(C)Cc4cnc5nc(N)nc(N)c5n4)cc3)C(=O)O)CS[C@H]12. The molecule has 26 heteroatoms. The summed E-state index contributed by atoms with van der Waals surface area (Å²) in [6.07, 6.45) is 8.42. The number of nitrogens with two attached hydrogens (primary N) is 2. The highest BCUT2D eigenvalue weighted by atomic mass is 32.2. The van der Waals surface area contributed by atoms with Crippen LogP contribution < -0.4 is 37.6 Å². The number of aliphatic carboxylic acids is 2. The molecule has 12 N–H and O–H groups in total. The summed E-state index contributed by atoms with van der Waals surface area (Å²) >= 11 is 3.01. The predicted molar refractivity (Wildman–Crippen MR) is 314 cm³/mol. The number of hydrogen-bond donors (Lipinski definition) is 10. The van der Waals surface area contributed by atoms with E-state index in [2.05, 4.69) is 41.2 Å². The zero-order valence-electron chi connectivity index (χ0n) is 47.6. The minimum Gasteiger partial charge on any atom is -0.480 e. The topological polar surface area (TPSA) is 359 Å². The molecule has 4 amide bonds. The van der Waals surface area contributed by atoms with Gasteiger partial charge in [-0.25, -0.2) is 23.9 Å². The average molecular weight is 1200 g/mol. The summed E-state index contributed by atoms with van der Waals surface area (Å²) in [6.45, 7) is 6.61. The van der Waals surface area contributed by atoms with Crippen LogP contribution >= 0.6 is 23.5 Å². The van der Waals surface area contributed by atoms with Gasteiger partial charge in [0.15, 0.2) is 34.0 Å². The number of alkyl halides is 1. The standard InChI is InChI=1S/C58H75FN12O11S2/c1-31-23-39-38-15-12-34-24-37(72)18-19-55(34,2)57(38,59)42(73)25-56(39,3)58(31,82)53(81)63-20-8-6-5-7-9-44(75)66-41-28-71-46(52(79)80)33(30-84-50(41)71)29-83-22-21-62-43(74)17-16-40(51(77)78)67-49(76)32-10-13-36(14-11-32)70(4)27-35-26-64-48-45(65-35)47(60)68-54(61)69-48/h10-11,13-14,18-19,24,26,31,38-42,50,73,82H,5-9,12,15-17,20-23,25,27-30H2,1-4H3,(H,62,74)(H,63,81)(H,66,75)(H,67,76)(H,77,78)(H,79,80)(H4,60,61,64,68,69)/t31-,38?,39+,40+,41-,42+,50-,55+,56+,57+,58+/m1/s1. The number of nitrogen functional groups attached to an aromatic ring is 2. The summed E-state index contributed by atoms with van der Waals surface area (Å²) in [5.41, 5.74) is 9.24. The second kappa shape index (κ2) is 25.0. The molecule has 2 aliphatic heterocycles. The second-order valence-corrected chi connectivity index (χ2v) is 25.8. The van der Waals surface area contributed by atoms with E-state index >= 15 is 4.39 Å². The van der Waals surface area contributed by atoms with Crippen LogP contribution in [0.5, 0.6) is 0 Å². The zero-order chi connectivity index (χ0) is 60.5. The smallest absolute Gasteiger partial charge is 0.352 e. The molecule has 0 spiro atoms. The number of allylic oxidation sites excluding steroid dienone is 4. The number of aliphatic hydroxyl groups excluding tert-OH is 1. The number of carboxylic acid groups (broad SMARTS) is 2. The van der Waals surface area contributed by atoms with Gasteiger partial charge in [-0.2, -0.15) is 21.7 Å². The van der Waals surface area contributed by atoms with E-state index in [1.54, 1.807) is 60.1 Å². The Balaban J connectivity index is 0.639. The predicted octanol–water partition coefficient (Wildman–Crippen LogP) is 3.66. The molecule has 1 saturated heterocycles. The normalized spacial score (nSPS) is 28.8. The number of carbonyl (C=O) groups excluding carboxylic acids is 5. The molecule has 9 rings (SSSR count). The van der Waals surface area contributed by atoms with Gasteiger partial charge < -0.3 is 63.0 Å². The first kappa shape index (κ1) is 61.7. The van der Waals surface area contributed by atoms with E-state index in [1.807, 2.05) is 25.8 Å². The number of nitrogens with one attached hydrogen (secondary N) is 4. The van der Waals surface area contributed by atoms with Crippen molar-refractivity contribution >= 4 is 93.5 Å². The number of halogens is 1. The number of benzene rings is 1. The molecule has 23 nitrogen and oxygen atoms in total. The third-order valence-corrected chi connectivity index (χ3v) is 20.9. The summed E-state index contributed by atoms with van der Waals surface area (Å²) in [5, 5.41) is 55.0. The molecule has 0 bridgehead atoms. The Morgan fingerprint density at radius 3 is 2.46 bits per heavy atom. The highest BCUT2D eigenvalue weighted by Gasteiger charge is 2.75. The minimum atomic E-state index is -2.05. The van der Waals surface area contributed by atoms with Crippen molar-refractivity contribution in [2.24, 2.45) is 28.6 Å². The largest absolute Gasteiger partial charge is 0.480 e. The van der Waals surface area contributed by atoms with Gasteiger partial charge in [-0.3, -0.25) is 24.0 Å². The molecule has 1 aromatic carbocycles. The van der Waals surface area contributed by atoms with Crippen molar-refractivity contribution in [2.45, 2.75) is 133 Å². The van der Waals surface area contributed by atoms with E-state index in [4.69, 9.17) is 11.5 Å². The van der Waals surface area contributed by atoms with Gasteiger partial charge in [0.1, 0.15) is 11.7 Å². The Morgan fingerprint density at radius 1 is 0.976 bits per heavy atom. The highest BCUT2D eigenvalue weighted by molar-refractivity contribution is 8.01. The van der Waals surface area contributed by atoms with E-state index in [0.29, 0.717) is 85.8 Å². The van der Waals surface area contributed by atoms with Crippen LogP contribution in [0, 0.1) is 28.6 Å². The fourth-order valence-corrected chi connectivity index (χ4v) is 16.2. The van der Waals surface area contributed by atoms with E-state index in [1.165, 1.54) is 23.9 Å². The summed E-state index contributed by atoms with van der Waals surface area (Å²) < 4.78 is 17.5. The number of aliphatic hydroxyl groups is 2. The Morgan fingerprint density at radius 2 is 1.73 bits per heavy atom. The molecule has 0 radical (unpaired) electrons. The van der Waals surface area contributed by atoms with Crippen LogP contribution in [-0.2, 0) is 35.3 Å². The molecular weight excluding hydrogens is 1120 g/mol. The van der Waals surface area contributed by atoms with Crippen LogP contribution in [0.25, 0.3) is 11.2 Å². The third kappa shape index (κ3) is 11.9. The van der Waals surface area contributed by atoms with Crippen LogP contribution in [0.15, 0.2) is 65.5 Å². The summed E-state index contributed by atoms with van der Waals surface area (Å²) in [5.74, 6) is -4.24. The van der Waals surface area contributed by atoms with Crippen LogP contribution in [0.4, 0.5) is 21.8 Å². The average Bonchev–Trinajstić information content (AvgIpc) is 1.40. The first-order valence-corrected chi connectivity index (χ1v) is 30.8. The zero-order valence-corrected chi connectivity index (χ0v) is 49.2. The monoisotopic (exact) mass is 1200 g/mol. The molecule has 1 unspecified atom stereocenters. The number of fused-ring (bicyclic) bond motifs is 7. The molecule has 11 atom stereocenters. The number of amides is 4. The molecule has 3 aromatic rings. The van der Waals surface area contributed by atoms with Crippen LogP contribution in [0.3, 0.4) is 0 Å². The number of aromatic nitrogens is 4. The lowest BCUT2D eigenvalue weighted by atomic mass is 9.44. The lowest BCUT2D eigenvalue weighted by Gasteiger charge is -2.62. The Hall–Kier alpha value is -6.90. The maximum atomic E-state index is 17.5. The van der Waals surface area contributed by atoms with E-state index in [9.17, 15) is 54.0 Å². The van der Waals surface area contributed by atoms with Gasteiger partial charge in [-0.15, -0.1) is 11.8 Å². The molecule has 3 saturated carbocycles. The van der Waals surface area contributed by atoms with Crippen LogP contribution in [0.1, 0.15) is 107 Å². The summed E-state index contributed by atoms with van der Waals surface area (Å²) in [6, 6.07) is 4.96. The second-order valence-electron chi connectivity index (χ2n) is 23.6. The van der Waals surface area contributed by atoms with Gasteiger partial charge in [0, 0.05) is 84.8 Å². The van der Waals surface area contributed by atoms with Gasteiger partial charge in [-0.05, 0) is 106 Å².